The molecule has 1 saturated carbocycles. The van der Waals surface area contributed by atoms with Crippen molar-refractivity contribution in [2.24, 2.45) is 10.7 Å². The molecule has 1 fully saturated rings. The van der Waals surface area contributed by atoms with Gasteiger partial charge in [-0.2, -0.15) is 0 Å². The van der Waals surface area contributed by atoms with E-state index in [0.717, 1.165) is 18.9 Å². The minimum absolute atomic E-state index is 0.252. The lowest BCUT2D eigenvalue weighted by Gasteiger charge is -2.26. The van der Waals surface area contributed by atoms with Gasteiger partial charge in [0, 0.05) is 11.6 Å². The van der Waals surface area contributed by atoms with Crippen molar-refractivity contribution < 1.29 is 8.78 Å². The highest BCUT2D eigenvalue weighted by Gasteiger charge is 2.40. The minimum atomic E-state index is -0.816. The van der Waals surface area contributed by atoms with Gasteiger partial charge in [0.2, 0.25) is 0 Å². The maximum absolute atomic E-state index is 13.7. The molecule has 0 radical (unpaired) electrons. The minimum Gasteiger partial charge on any atom is -0.370 e. The van der Waals surface area contributed by atoms with Crippen molar-refractivity contribution in [3.8, 4) is 0 Å². The fourth-order valence-electron chi connectivity index (χ4n) is 2.33. The Morgan fingerprint density at radius 3 is 2.76 bits per heavy atom. The number of aliphatic imine (C=N–C) groups is 1. The predicted octanol–water partition coefficient (Wildman–Crippen LogP) is 1.80. The number of halogens is 2. The molecule has 0 saturated heterocycles. The zero-order chi connectivity index (χ0) is 12.0. The molecule has 90 valence electrons. The van der Waals surface area contributed by atoms with Gasteiger partial charge in [0.25, 0.3) is 0 Å². The van der Waals surface area contributed by atoms with E-state index in [1.54, 1.807) is 6.07 Å². The molecule has 0 bridgehead atoms. The van der Waals surface area contributed by atoms with Gasteiger partial charge in [0.05, 0.1) is 12.6 Å². The Morgan fingerprint density at radius 2 is 2.06 bits per heavy atom. The maximum Gasteiger partial charge on any atom is 0.192 e. The highest BCUT2D eigenvalue weighted by molar-refractivity contribution is 5.81. The molecule has 2 N–H and O–H groups in total. The van der Waals surface area contributed by atoms with E-state index in [1.165, 1.54) is 6.07 Å². The third-order valence-corrected chi connectivity index (χ3v) is 3.31. The van der Waals surface area contributed by atoms with Crippen LogP contribution in [-0.4, -0.2) is 23.4 Å². The van der Waals surface area contributed by atoms with Crippen molar-refractivity contribution in [3.05, 3.63) is 35.4 Å². The van der Waals surface area contributed by atoms with Crippen molar-refractivity contribution >= 4 is 5.96 Å². The van der Waals surface area contributed by atoms with Gasteiger partial charge in [0.15, 0.2) is 17.6 Å². The van der Waals surface area contributed by atoms with E-state index in [1.807, 2.05) is 4.90 Å². The zero-order valence-electron chi connectivity index (χ0n) is 9.24. The van der Waals surface area contributed by atoms with Crippen molar-refractivity contribution in [2.75, 3.05) is 6.54 Å². The lowest BCUT2D eigenvalue weighted by Crippen LogP contribution is -2.38. The molecule has 0 amide bonds. The van der Waals surface area contributed by atoms with Gasteiger partial charge < -0.3 is 10.6 Å². The molecule has 1 heterocycles. The molecule has 1 aromatic rings. The predicted molar refractivity (Wildman–Crippen MR) is 60.4 cm³/mol. The van der Waals surface area contributed by atoms with Crippen LogP contribution in [0.3, 0.4) is 0 Å². The maximum atomic E-state index is 13.7. The Hall–Kier alpha value is -1.65. The van der Waals surface area contributed by atoms with Gasteiger partial charge >= 0.3 is 0 Å². The van der Waals surface area contributed by atoms with E-state index in [0.29, 0.717) is 24.1 Å². The van der Waals surface area contributed by atoms with Gasteiger partial charge in [-0.25, -0.2) is 8.78 Å². The van der Waals surface area contributed by atoms with Gasteiger partial charge in [-0.05, 0) is 18.9 Å². The third-order valence-electron chi connectivity index (χ3n) is 3.31. The zero-order valence-corrected chi connectivity index (χ0v) is 9.24. The van der Waals surface area contributed by atoms with Crippen molar-refractivity contribution in [3.63, 3.8) is 0 Å². The topological polar surface area (TPSA) is 41.6 Å². The first-order valence-electron chi connectivity index (χ1n) is 5.70. The number of guanidine groups is 1. The van der Waals surface area contributed by atoms with E-state index in [4.69, 9.17) is 5.73 Å². The van der Waals surface area contributed by atoms with Crippen LogP contribution >= 0.6 is 0 Å². The Balaban J connectivity index is 1.96. The second-order valence-corrected chi connectivity index (χ2v) is 4.50. The molecule has 17 heavy (non-hydrogen) atoms. The van der Waals surface area contributed by atoms with Crippen LogP contribution in [0.4, 0.5) is 8.78 Å². The van der Waals surface area contributed by atoms with Crippen LogP contribution in [0.15, 0.2) is 23.2 Å². The lowest BCUT2D eigenvalue weighted by atomic mass is 10.1. The molecule has 2 aliphatic rings. The summed E-state index contributed by atoms with van der Waals surface area (Å²) in [5.74, 6) is -1.15. The van der Waals surface area contributed by atoms with E-state index < -0.39 is 11.6 Å². The first kappa shape index (κ1) is 10.5. The summed E-state index contributed by atoms with van der Waals surface area (Å²) in [6.45, 7) is 0.405. The smallest absolute Gasteiger partial charge is 0.192 e. The van der Waals surface area contributed by atoms with Crippen LogP contribution in [-0.2, 0) is 0 Å². The van der Waals surface area contributed by atoms with Crippen LogP contribution in [0.2, 0.25) is 0 Å². The molecule has 3 rings (SSSR count). The van der Waals surface area contributed by atoms with E-state index in [9.17, 15) is 8.78 Å². The number of rotatable bonds is 2. The average Bonchev–Trinajstić information content (AvgIpc) is 3.07. The van der Waals surface area contributed by atoms with Gasteiger partial charge in [-0.1, -0.05) is 12.1 Å². The molecule has 3 nitrogen and oxygen atoms in total. The molecule has 1 aromatic carbocycles. The van der Waals surface area contributed by atoms with Crippen molar-refractivity contribution in [1.29, 1.82) is 0 Å². The summed E-state index contributed by atoms with van der Waals surface area (Å²) in [6.07, 6.45) is 2.09. The molecular formula is C12H13F2N3. The van der Waals surface area contributed by atoms with Gasteiger partial charge in [-0.3, -0.25) is 4.99 Å². The standard InChI is InChI=1S/C12H13F2N3/c13-9-3-1-2-8(11(9)14)10-6-16-12(15)17(10)7-4-5-7/h1-3,7,10H,4-6H2,(H2,15,16). The van der Waals surface area contributed by atoms with Crippen LogP contribution < -0.4 is 5.73 Å². The molecule has 1 unspecified atom stereocenters. The molecule has 0 aromatic heterocycles. The SMILES string of the molecule is NC1=NCC(c2cccc(F)c2F)N1C1CC1. The molecule has 1 aliphatic carbocycles. The fraction of sp³-hybridized carbons (Fsp3) is 0.417. The summed E-state index contributed by atoms with van der Waals surface area (Å²) in [5.41, 5.74) is 6.14. The Morgan fingerprint density at radius 1 is 1.29 bits per heavy atom. The number of nitrogens with zero attached hydrogens (tertiary/aromatic N) is 2. The second-order valence-electron chi connectivity index (χ2n) is 4.50. The van der Waals surface area contributed by atoms with Crippen LogP contribution in [0.1, 0.15) is 24.4 Å². The first-order chi connectivity index (χ1) is 8.18. The lowest BCUT2D eigenvalue weighted by molar-refractivity contribution is 0.325. The van der Waals surface area contributed by atoms with Crippen LogP contribution in [0.25, 0.3) is 0 Å². The van der Waals surface area contributed by atoms with Gasteiger partial charge in [-0.15, -0.1) is 0 Å². The van der Waals surface area contributed by atoms with Crippen molar-refractivity contribution in [2.45, 2.75) is 24.9 Å². The summed E-state index contributed by atoms with van der Waals surface area (Å²) < 4.78 is 27.0. The fourth-order valence-corrected chi connectivity index (χ4v) is 2.33. The quantitative estimate of drug-likeness (QED) is 0.852. The van der Waals surface area contributed by atoms with Crippen LogP contribution in [0.5, 0.6) is 0 Å². The first-order valence-corrected chi connectivity index (χ1v) is 5.70. The van der Waals surface area contributed by atoms with E-state index in [-0.39, 0.29) is 6.04 Å². The Kier molecular flexibility index (Phi) is 2.28. The monoisotopic (exact) mass is 237 g/mol. The number of benzene rings is 1. The second kappa shape index (κ2) is 3.68. The summed E-state index contributed by atoms with van der Waals surface area (Å²) in [4.78, 5) is 6.05. The number of nitrogens with two attached hydrogens (primary N) is 1. The van der Waals surface area contributed by atoms with Gasteiger partial charge in [0.1, 0.15) is 0 Å². The van der Waals surface area contributed by atoms with E-state index in [2.05, 4.69) is 4.99 Å². The molecule has 5 heteroatoms. The summed E-state index contributed by atoms with van der Waals surface area (Å²) in [6, 6.07) is 4.34. The van der Waals surface area contributed by atoms with Crippen molar-refractivity contribution in [1.82, 2.24) is 4.90 Å². The summed E-state index contributed by atoms with van der Waals surface area (Å²) in [7, 11) is 0. The van der Waals surface area contributed by atoms with Crippen LogP contribution in [0, 0.1) is 11.6 Å². The summed E-state index contributed by atoms with van der Waals surface area (Å²) >= 11 is 0. The highest BCUT2D eigenvalue weighted by Crippen LogP contribution is 2.37. The molecule has 0 spiro atoms. The number of hydrogen-bond donors (Lipinski definition) is 1. The third kappa shape index (κ3) is 1.66. The average molecular weight is 237 g/mol. The Bertz CT molecular complexity index is 483. The normalized spacial score (nSPS) is 24.0. The molecular weight excluding hydrogens is 224 g/mol. The number of hydrogen-bond acceptors (Lipinski definition) is 3. The highest BCUT2D eigenvalue weighted by atomic mass is 19.2. The largest absolute Gasteiger partial charge is 0.370 e. The Labute approximate surface area is 97.9 Å². The van der Waals surface area contributed by atoms with E-state index >= 15 is 0 Å². The summed E-state index contributed by atoms with van der Waals surface area (Å²) in [5, 5.41) is 0. The molecule has 1 aliphatic heterocycles. The molecule has 1 atom stereocenters.